The molecule has 0 aromatic rings. The molecule has 16 atom stereocenters. The van der Waals surface area contributed by atoms with Gasteiger partial charge < -0.3 is 123 Å². The molecule has 0 radical (unpaired) electrons. The molecular formula is C36H72N4O24S4. The van der Waals surface area contributed by atoms with Crippen LogP contribution in [0.5, 0.6) is 0 Å². The van der Waals surface area contributed by atoms with E-state index in [1.807, 2.05) is 0 Å². The zero-order valence-corrected chi connectivity index (χ0v) is 40.0. The first-order valence-corrected chi connectivity index (χ1v) is 25.9. The molecule has 0 saturated heterocycles. The van der Waals surface area contributed by atoms with E-state index in [9.17, 15) is 101 Å². The number of aliphatic hydroxyl groups is 20. The average molecular weight is 1070 g/mol. The van der Waals surface area contributed by atoms with Gasteiger partial charge in [-0.05, 0) is 25.7 Å². The number of carbonyl (C=O) groups excluding carboxylic acids is 4. The summed E-state index contributed by atoms with van der Waals surface area (Å²) in [6, 6.07) is 0. The van der Waals surface area contributed by atoms with Gasteiger partial charge in [0.05, 0.1) is 26.4 Å². The zero-order chi connectivity index (χ0) is 52.5. The molecule has 404 valence electrons. The van der Waals surface area contributed by atoms with Crippen molar-refractivity contribution >= 4 is 66.8 Å². The van der Waals surface area contributed by atoms with Crippen LogP contribution in [0.15, 0.2) is 0 Å². The maximum absolute atomic E-state index is 11.7. The van der Waals surface area contributed by atoms with E-state index in [0.29, 0.717) is 48.7 Å². The van der Waals surface area contributed by atoms with Crippen LogP contribution >= 0.6 is 43.2 Å². The molecule has 32 heteroatoms. The second-order valence-corrected chi connectivity index (χ2v) is 20.0. The van der Waals surface area contributed by atoms with Gasteiger partial charge in [0.1, 0.15) is 73.2 Å². The maximum atomic E-state index is 11.7. The highest BCUT2D eigenvalue weighted by atomic mass is 33.1. The van der Waals surface area contributed by atoms with E-state index < -0.39 is 148 Å². The second-order valence-electron chi connectivity index (χ2n) is 14.6. The molecule has 0 spiro atoms. The van der Waals surface area contributed by atoms with Crippen LogP contribution < -0.4 is 21.3 Å². The Hall–Kier alpha value is -1.52. The van der Waals surface area contributed by atoms with E-state index in [0.717, 1.165) is 0 Å². The number of aliphatic hydroxyl groups excluding tert-OH is 20. The number of hydrogen-bond donors (Lipinski definition) is 24. The fourth-order valence-corrected chi connectivity index (χ4v) is 9.08. The summed E-state index contributed by atoms with van der Waals surface area (Å²) in [5.41, 5.74) is 0. The molecular weight excluding hydrogens is 1000 g/mol. The average Bonchev–Trinajstić information content (AvgIpc) is 3.35. The van der Waals surface area contributed by atoms with Gasteiger partial charge in [-0.2, -0.15) is 0 Å². The van der Waals surface area contributed by atoms with E-state index in [-0.39, 0.29) is 26.2 Å². The molecule has 0 aliphatic carbocycles. The standard InChI is InChI=1S/2C18H36N2O12S2/c2*21-7-9(23)11(25)13(27)15(29)17(31)19-3-1-5-33-34-6-2-4-20-18(32)16(30)14(28)12(26)10(24)8-22/h2*9-16,21-30H,1-8H2,(H,19,31)(H,20,32)/t2*9-,10-,11-,12-,13+,14+,15-,16-/m11/s1. The summed E-state index contributed by atoms with van der Waals surface area (Å²) in [6.45, 7) is -2.66. The van der Waals surface area contributed by atoms with E-state index in [2.05, 4.69) is 21.3 Å². The predicted molar refractivity (Wildman–Crippen MR) is 245 cm³/mol. The first kappa shape index (κ1) is 68.6. The SMILES string of the molecule is O=C(NCCCSSCCCNC(=O)[C@H](O)[C@@H](O)[C@H](O)[C@H](O)CO)[C@H](O)[C@@H](O)[C@H](O)[C@H](O)CO.O=C(NCCCSSCCCNC(=O)[C@H](O)[C@@H](O)[C@H](O)[C@H](O)CO)[C@H](O)[C@@H](O)[C@H](O)[C@H](O)CO. The Kier molecular flexibility index (Phi) is 40.3. The summed E-state index contributed by atoms with van der Waals surface area (Å²) in [6.07, 6.45) is -28.0. The number of carbonyl (C=O) groups is 4. The van der Waals surface area contributed by atoms with Crippen molar-refractivity contribution in [2.24, 2.45) is 0 Å². The molecule has 0 aliphatic heterocycles. The summed E-state index contributed by atoms with van der Waals surface area (Å²) < 4.78 is 0. The van der Waals surface area contributed by atoms with Crippen molar-refractivity contribution in [3.8, 4) is 0 Å². The van der Waals surface area contributed by atoms with Gasteiger partial charge in [-0.1, -0.05) is 43.2 Å². The maximum Gasteiger partial charge on any atom is 0.251 e. The summed E-state index contributed by atoms with van der Waals surface area (Å²) >= 11 is 0. The van der Waals surface area contributed by atoms with Gasteiger partial charge in [-0.15, -0.1) is 0 Å². The number of hydrogen-bond acceptors (Lipinski definition) is 28. The van der Waals surface area contributed by atoms with Crippen LogP contribution in [0.25, 0.3) is 0 Å². The molecule has 0 bridgehead atoms. The van der Waals surface area contributed by atoms with E-state index >= 15 is 0 Å². The summed E-state index contributed by atoms with van der Waals surface area (Å²) in [5, 5.41) is 196. The summed E-state index contributed by atoms with van der Waals surface area (Å²) in [7, 11) is 5.91. The minimum absolute atomic E-state index is 0.182. The highest BCUT2D eigenvalue weighted by molar-refractivity contribution is 8.77. The molecule has 0 aromatic heterocycles. The lowest BCUT2D eigenvalue weighted by Crippen LogP contribution is -2.51. The Bertz CT molecular complexity index is 1160. The van der Waals surface area contributed by atoms with Gasteiger partial charge in [-0.25, -0.2) is 0 Å². The third-order valence-electron chi connectivity index (χ3n) is 9.07. The van der Waals surface area contributed by atoms with Crippen LogP contribution in [-0.4, -0.2) is 299 Å². The lowest BCUT2D eigenvalue weighted by Gasteiger charge is -2.24. The fourth-order valence-electron chi connectivity index (χ4n) is 4.73. The van der Waals surface area contributed by atoms with Crippen molar-refractivity contribution in [2.45, 2.75) is 123 Å². The van der Waals surface area contributed by atoms with Crippen LogP contribution in [0.1, 0.15) is 25.7 Å². The lowest BCUT2D eigenvalue weighted by molar-refractivity contribution is -0.149. The second kappa shape index (κ2) is 40.0. The Morgan fingerprint density at radius 1 is 0.294 bits per heavy atom. The normalized spacial score (nSPS) is 18.8. The molecule has 0 saturated carbocycles. The Balaban J connectivity index is 0. The van der Waals surface area contributed by atoms with Crippen molar-refractivity contribution in [3.05, 3.63) is 0 Å². The van der Waals surface area contributed by atoms with Crippen molar-refractivity contribution < 1.29 is 121 Å². The highest BCUT2D eigenvalue weighted by Crippen LogP contribution is 2.23. The van der Waals surface area contributed by atoms with Crippen LogP contribution in [-0.2, 0) is 19.2 Å². The highest BCUT2D eigenvalue weighted by Gasteiger charge is 2.37. The van der Waals surface area contributed by atoms with Gasteiger partial charge in [0.25, 0.3) is 23.6 Å². The van der Waals surface area contributed by atoms with E-state index in [1.165, 1.54) is 43.2 Å². The molecule has 4 amide bonds. The molecule has 0 unspecified atom stereocenters. The topological polar surface area (TPSA) is 521 Å². The van der Waals surface area contributed by atoms with Crippen LogP contribution in [0.2, 0.25) is 0 Å². The minimum Gasteiger partial charge on any atom is -0.394 e. The van der Waals surface area contributed by atoms with Gasteiger partial charge in [-0.3, -0.25) is 19.2 Å². The minimum atomic E-state index is -1.98. The lowest BCUT2D eigenvalue weighted by atomic mass is 10.0. The number of nitrogens with one attached hydrogen (secondary N) is 4. The van der Waals surface area contributed by atoms with Gasteiger partial charge in [0.2, 0.25) is 0 Å². The molecule has 68 heavy (non-hydrogen) atoms. The van der Waals surface area contributed by atoms with E-state index in [4.69, 9.17) is 20.4 Å². The third kappa shape index (κ3) is 27.9. The molecule has 0 fully saturated rings. The first-order chi connectivity index (χ1) is 32.0. The molecule has 0 heterocycles. The first-order valence-electron chi connectivity index (χ1n) is 20.9. The van der Waals surface area contributed by atoms with E-state index in [1.54, 1.807) is 0 Å². The zero-order valence-electron chi connectivity index (χ0n) is 36.8. The molecule has 0 aromatic carbocycles. The molecule has 0 aliphatic rings. The van der Waals surface area contributed by atoms with Crippen LogP contribution in [0.4, 0.5) is 0 Å². The Labute approximate surface area is 407 Å². The van der Waals surface area contributed by atoms with Gasteiger partial charge >= 0.3 is 0 Å². The number of amides is 4. The van der Waals surface area contributed by atoms with Crippen LogP contribution in [0, 0.1) is 0 Å². The van der Waals surface area contributed by atoms with Crippen molar-refractivity contribution in [1.29, 1.82) is 0 Å². The van der Waals surface area contributed by atoms with Gasteiger partial charge in [0, 0.05) is 49.2 Å². The van der Waals surface area contributed by atoms with Crippen molar-refractivity contribution in [3.63, 3.8) is 0 Å². The Morgan fingerprint density at radius 2 is 0.456 bits per heavy atom. The van der Waals surface area contributed by atoms with Crippen molar-refractivity contribution in [1.82, 2.24) is 21.3 Å². The third-order valence-corrected chi connectivity index (χ3v) is 14.2. The largest absolute Gasteiger partial charge is 0.394 e. The predicted octanol–water partition coefficient (Wildman–Crippen LogP) is -11.5. The number of rotatable bonds is 38. The van der Waals surface area contributed by atoms with Gasteiger partial charge in [0.15, 0.2) is 24.4 Å². The van der Waals surface area contributed by atoms with Crippen LogP contribution in [0.3, 0.4) is 0 Å². The summed E-state index contributed by atoms with van der Waals surface area (Å²) in [4.78, 5) is 47.0. The fraction of sp³-hybridized carbons (Fsp3) is 0.889. The quantitative estimate of drug-likeness (QED) is 0.0202. The monoisotopic (exact) mass is 1070 g/mol. The Morgan fingerprint density at radius 3 is 0.603 bits per heavy atom. The smallest absolute Gasteiger partial charge is 0.251 e. The molecule has 0 rings (SSSR count). The van der Waals surface area contributed by atoms with Crippen molar-refractivity contribution in [2.75, 3.05) is 75.6 Å². The molecule has 28 nitrogen and oxygen atoms in total. The summed E-state index contributed by atoms with van der Waals surface area (Å²) in [5.74, 6) is -1.25. The molecule has 24 N–H and O–H groups in total.